The first-order valence-electron chi connectivity index (χ1n) is 43.1. The van der Waals surface area contributed by atoms with Gasteiger partial charge in [-0.15, -0.1) is 46.4 Å². The van der Waals surface area contributed by atoms with Gasteiger partial charge in [-0.2, -0.15) is 0 Å². The van der Waals surface area contributed by atoms with E-state index in [-0.39, 0.29) is 128 Å². The zero-order chi connectivity index (χ0) is 91.7. The number of esters is 6. The summed E-state index contributed by atoms with van der Waals surface area (Å²) >= 11 is 24.4. The van der Waals surface area contributed by atoms with Gasteiger partial charge in [-0.1, -0.05) is 183 Å². The molecule has 700 valence electrons. The van der Waals surface area contributed by atoms with Crippen molar-refractivity contribution in [1.82, 2.24) is 19.6 Å². The summed E-state index contributed by atoms with van der Waals surface area (Å²) in [6.07, 6.45) is 17.7. The minimum absolute atomic E-state index is 0.135. The molecule has 30 nitrogen and oxygen atoms in total. The second-order valence-corrected chi connectivity index (χ2v) is 32.6. The highest BCUT2D eigenvalue weighted by Crippen LogP contribution is 2.45. The van der Waals surface area contributed by atoms with Gasteiger partial charge in [0.1, 0.15) is 83.8 Å². The summed E-state index contributed by atoms with van der Waals surface area (Å²) in [7, 11) is 0. The van der Waals surface area contributed by atoms with Gasteiger partial charge < -0.3 is 100 Å². The first kappa shape index (κ1) is 107. The van der Waals surface area contributed by atoms with Gasteiger partial charge in [0.2, 0.25) is 0 Å². The van der Waals surface area contributed by atoms with E-state index in [1.807, 2.05) is 13.8 Å². The standard InChI is InChI=1S/C27H43ClFN3O5.C21H31ClFN3O5.2C19H29ClFN3O4/c1-4-6-8-10-12-14-22(33)35-19-27(18-28)25(36-23(34)15-13-11-9-7-5-2)24(29)26(37-27)32-17-16-21(30)31-20(32)3;1-4-6-8-16(27)29-13-21(12-22)19(30-17(28)9-7-5-2)18(23)20(31-21)26-11-10-15(24)25-14(26)3;1-3-4-5-6-7-8-15(25)27-12-19(11-20)17(26)16(21)18(28-19)24-10-9-14(22)23-13(24)2;1-3-4-5-6-7-8-15(26)27-17-16(21)18(28-19(17,11-20)12-25)24-10-9-14(22)23-13(24)2/h16-17,24-26H,3-15,18-19H2,1-2H3,(H2,30,31);10-11,18-20H,3-9,12-13H2,1-2H3,(H2,24,25);9-10,16-18,26H,2-8,11-12H2,1H3,(H2,22,23);9-10,16-18,25H,2-8,11-12H2,1H3,(H2,22,23)/t24-,25+,26-,27-;18-,19+,20-,21-;2*16-,17+,18-,19-/m1111/s1. The zero-order valence-electron chi connectivity index (χ0n) is 72.6. The lowest BCUT2D eigenvalue weighted by molar-refractivity contribution is -0.175. The van der Waals surface area contributed by atoms with Crippen molar-refractivity contribution >= 4 is 106 Å². The normalized spacial score (nSPS) is 28.0. The molecular weight excluding hydrogens is 1710 g/mol. The fourth-order valence-corrected chi connectivity index (χ4v) is 15.3. The van der Waals surface area contributed by atoms with E-state index in [1.165, 1.54) is 68.7 Å². The number of carbonyl (C=O) groups excluding carboxylic acids is 6. The van der Waals surface area contributed by atoms with E-state index in [0.717, 1.165) is 122 Å². The van der Waals surface area contributed by atoms with E-state index in [1.54, 1.807) is 0 Å². The van der Waals surface area contributed by atoms with Crippen molar-refractivity contribution < 1.29 is 104 Å². The Morgan fingerprint density at radius 3 is 0.863 bits per heavy atom. The molecule has 0 saturated carbocycles. The fourth-order valence-electron chi connectivity index (χ4n) is 14.1. The van der Waals surface area contributed by atoms with Crippen molar-refractivity contribution in [2.24, 2.45) is 42.9 Å². The molecule has 4 saturated heterocycles. The first-order chi connectivity index (χ1) is 59.3. The number of aliphatic imine (C=N–C) groups is 4. The summed E-state index contributed by atoms with van der Waals surface area (Å²) in [5.74, 6) is -2.38. The highest BCUT2D eigenvalue weighted by atomic mass is 35.5. The van der Waals surface area contributed by atoms with Gasteiger partial charge in [0.15, 0.2) is 79.1 Å². The Bertz CT molecular complexity index is 3730. The second kappa shape index (κ2) is 54.6. The van der Waals surface area contributed by atoms with Gasteiger partial charge in [0, 0.05) is 63.3 Å². The lowest BCUT2D eigenvalue weighted by Crippen LogP contribution is -2.50. The molecule has 38 heteroatoms. The largest absolute Gasteiger partial charge is 0.462 e. The van der Waals surface area contributed by atoms with Crippen molar-refractivity contribution in [2.45, 2.75) is 331 Å². The zero-order valence-corrected chi connectivity index (χ0v) is 75.6. The fraction of sp³-hybridized carbons (Fsp3) is 0.698. The smallest absolute Gasteiger partial charge is 0.306 e. The van der Waals surface area contributed by atoms with Gasteiger partial charge >= 0.3 is 35.8 Å². The minimum Gasteiger partial charge on any atom is -0.462 e. The number of unbranched alkanes of at least 4 members (excludes halogenated alkanes) is 18. The first-order valence-corrected chi connectivity index (χ1v) is 45.3. The van der Waals surface area contributed by atoms with Crippen LogP contribution >= 0.6 is 46.4 Å². The molecule has 10 N–H and O–H groups in total. The SMILES string of the molecule is C=C1N=C(N)C=CN1[C@@H]1O[C@@](CO)(CCl)[C@@H](OC(=O)CCCCCCC)[C@H]1F.C=C1N=C(N)C=CN1[C@@H]1O[C@](CCl)(COC(=O)CCCC)[C@@H](OC(=O)CCCC)[C@H]1F.C=C1N=C(N)C=CN1[C@@H]1O[C@](CCl)(COC(=O)CCCCCCC)[C@@H](O)[C@H]1F.C=C1N=C(N)C=CN1[C@@H]1O[C@](CCl)(COC(=O)CCCCCCC)[C@@H](OC(=O)CCCCCCC)[C@H]1F. The van der Waals surface area contributed by atoms with Gasteiger partial charge in [-0.05, 0) is 62.8 Å². The quantitative estimate of drug-likeness (QED) is 0.0108. The number of alkyl halides is 8. The Balaban J connectivity index is 0.000000295. The maximum atomic E-state index is 15.9. The highest BCUT2D eigenvalue weighted by molar-refractivity contribution is 6.19. The molecule has 0 amide bonds. The molecule has 0 radical (unpaired) electrons. The van der Waals surface area contributed by atoms with Crippen LogP contribution in [0.3, 0.4) is 0 Å². The molecule has 8 aliphatic rings. The van der Waals surface area contributed by atoms with Crippen LogP contribution in [0, 0.1) is 0 Å². The van der Waals surface area contributed by atoms with Crippen LogP contribution in [0.25, 0.3) is 0 Å². The molecule has 0 aromatic heterocycles. The van der Waals surface area contributed by atoms with E-state index >= 15 is 13.2 Å². The third-order valence-electron chi connectivity index (χ3n) is 21.5. The molecule has 0 spiro atoms. The average Bonchev–Trinajstić information content (AvgIpc) is 1.63. The van der Waals surface area contributed by atoms with Crippen molar-refractivity contribution in [3.63, 3.8) is 0 Å². The Morgan fingerprint density at radius 2 is 0.597 bits per heavy atom. The number of carbonyl (C=O) groups is 6. The topological polar surface area (TPSA) is 402 Å². The van der Waals surface area contributed by atoms with Crippen molar-refractivity contribution in [3.8, 4) is 0 Å². The molecule has 16 atom stereocenters. The Morgan fingerprint density at radius 1 is 0.371 bits per heavy atom. The summed E-state index contributed by atoms with van der Waals surface area (Å²) in [6, 6.07) is 0. The van der Waals surface area contributed by atoms with E-state index in [2.05, 4.69) is 74.0 Å². The van der Waals surface area contributed by atoms with Gasteiger partial charge in [-0.3, -0.25) is 28.8 Å². The van der Waals surface area contributed by atoms with Crippen LogP contribution in [-0.4, -0.2) is 235 Å². The Labute approximate surface area is 747 Å². The van der Waals surface area contributed by atoms with Crippen molar-refractivity contribution in [1.29, 1.82) is 0 Å². The lowest BCUT2D eigenvalue weighted by atomic mass is 9.98. The molecule has 8 heterocycles. The Hall–Kier alpha value is -7.54. The summed E-state index contributed by atoms with van der Waals surface area (Å²) in [5.41, 5.74) is 16.3. The number of nitrogens with zero attached hydrogens (tertiary/aromatic N) is 8. The van der Waals surface area contributed by atoms with Crippen molar-refractivity contribution in [3.05, 3.63) is 98.7 Å². The van der Waals surface area contributed by atoms with E-state index in [0.29, 0.717) is 32.1 Å². The Kier molecular flexibility index (Phi) is 47.1. The van der Waals surface area contributed by atoms with Crippen LogP contribution in [-0.2, 0) is 76.1 Å². The number of halogens is 8. The molecule has 0 bridgehead atoms. The minimum atomic E-state index is -1.80. The molecular formula is C86H132Cl4F4N12O18. The van der Waals surface area contributed by atoms with Crippen LogP contribution in [0.4, 0.5) is 17.6 Å². The average molecular weight is 1840 g/mol. The predicted octanol–water partition coefficient (Wildman–Crippen LogP) is 13.8. The number of rotatable bonds is 48. The van der Waals surface area contributed by atoms with Crippen molar-refractivity contribution in [2.75, 3.05) is 49.9 Å². The number of amidine groups is 4. The summed E-state index contributed by atoms with van der Waals surface area (Å²) in [6.45, 7) is 25.7. The molecule has 8 rings (SSSR count). The molecule has 0 unspecified atom stereocenters. The third-order valence-corrected chi connectivity index (χ3v) is 23.3. The van der Waals surface area contributed by atoms with Gasteiger partial charge in [0.05, 0.1) is 30.1 Å². The monoisotopic (exact) mass is 1840 g/mol. The maximum Gasteiger partial charge on any atom is 0.306 e. The number of aliphatic hydroxyl groups is 2. The number of nitrogens with two attached hydrogens (primary N) is 4. The van der Waals surface area contributed by atoms with Crippen LogP contribution < -0.4 is 22.9 Å². The lowest BCUT2D eigenvalue weighted by Gasteiger charge is -2.32. The van der Waals surface area contributed by atoms with Gasteiger partial charge in [-0.25, -0.2) is 37.5 Å². The van der Waals surface area contributed by atoms with Crippen LogP contribution in [0.1, 0.15) is 234 Å². The molecule has 4 fully saturated rings. The number of hydrogen-bond acceptors (Lipinski definition) is 30. The number of aliphatic hydroxyl groups excluding tert-OH is 2. The maximum absolute atomic E-state index is 15.9. The van der Waals surface area contributed by atoms with Gasteiger partial charge in [0.25, 0.3) is 0 Å². The summed E-state index contributed by atoms with van der Waals surface area (Å²) in [4.78, 5) is 95.1. The number of ether oxygens (including phenoxy) is 10. The molecule has 8 aliphatic heterocycles. The highest BCUT2D eigenvalue weighted by Gasteiger charge is 2.64. The molecule has 0 aliphatic carbocycles. The summed E-state index contributed by atoms with van der Waals surface area (Å²) in [5, 5.41) is 20.3. The summed E-state index contributed by atoms with van der Waals surface area (Å²) < 4.78 is 118. The van der Waals surface area contributed by atoms with E-state index < -0.39 is 139 Å². The predicted molar refractivity (Wildman–Crippen MR) is 468 cm³/mol. The van der Waals surface area contributed by atoms with E-state index in [9.17, 15) is 43.4 Å². The third kappa shape index (κ3) is 31.2. The van der Waals surface area contributed by atoms with Crippen LogP contribution in [0.5, 0.6) is 0 Å². The van der Waals surface area contributed by atoms with Crippen LogP contribution in [0.2, 0.25) is 0 Å². The van der Waals surface area contributed by atoms with E-state index in [4.69, 9.17) is 117 Å². The second-order valence-electron chi connectivity index (χ2n) is 31.5. The molecule has 124 heavy (non-hydrogen) atoms. The molecule has 0 aromatic carbocycles. The number of hydrogen-bond donors (Lipinski definition) is 6. The van der Waals surface area contributed by atoms with Crippen LogP contribution in [0.15, 0.2) is 119 Å². The molecule has 0 aromatic rings.